The van der Waals surface area contributed by atoms with Crippen molar-refractivity contribution < 1.29 is 9.53 Å². The minimum atomic E-state index is -0.461. The summed E-state index contributed by atoms with van der Waals surface area (Å²) in [6.45, 7) is 5.88. The zero-order valence-corrected chi connectivity index (χ0v) is 10.8. The number of benzene rings is 1. The largest absolute Gasteiger partial charge is 0.481 e. The van der Waals surface area contributed by atoms with Crippen molar-refractivity contribution in [3.8, 4) is 5.75 Å². The molecule has 0 fully saturated rings. The first-order valence-electron chi connectivity index (χ1n) is 6.15. The van der Waals surface area contributed by atoms with Crippen molar-refractivity contribution in [3.63, 3.8) is 0 Å². The Morgan fingerprint density at radius 3 is 2.53 bits per heavy atom. The van der Waals surface area contributed by atoms with Crippen LogP contribution in [-0.4, -0.2) is 18.1 Å². The van der Waals surface area contributed by atoms with Gasteiger partial charge in [-0.2, -0.15) is 0 Å². The fraction of sp³-hybridized carbons (Fsp3) is 0.500. The summed E-state index contributed by atoms with van der Waals surface area (Å²) in [5.41, 5.74) is 0. The summed E-state index contributed by atoms with van der Waals surface area (Å²) in [4.78, 5) is 11.8. The van der Waals surface area contributed by atoms with Gasteiger partial charge in [-0.15, -0.1) is 0 Å². The molecule has 0 saturated carbocycles. The average Bonchev–Trinajstić information content (AvgIpc) is 2.30. The third-order valence-electron chi connectivity index (χ3n) is 2.54. The van der Waals surface area contributed by atoms with Crippen LogP contribution >= 0.6 is 0 Å². The summed E-state index contributed by atoms with van der Waals surface area (Å²) < 4.78 is 5.54. The van der Waals surface area contributed by atoms with Crippen molar-refractivity contribution in [1.82, 2.24) is 5.32 Å². The number of nitrogens with one attached hydrogen (secondary N) is 1. The van der Waals surface area contributed by atoms with Gasteiger partial charge in [-0.25, -0.2) is 0 Å². The van der Waals surface area contributed by atoms with Crippen LogP contribution in [0.25, 0.3) is 0 Å². The van der Waals surface area contributed by atoms with Crippen molar-refractivity contribution in [2.45, 2.75) is 45.8 Å². The van der Waals surface area contributed by atoms with Crippen molar-refractivity contribution >= 4 is 5.91 Å². The number of ether oxygens (including phenoxy) is 1. The maximum atomic E-state index is 11.8. The molecule has 0 unspecified atom stereocenters. The molecule has 1 N–H and O–H groups in total. The molecule has 3 heteroatoms. The summed E-state index contributed by atoms with van der Waals surface area (Å²) in [5, 5.41) is 2.94. The van der Waals surface area contributed by atoms with E-state index in [0.29, 0.717) is 0 Å². The fourth-order valence-electron chi connectivity index (χ4n) is 1.62. The molecule has 0 aliphatic rings. The van der Waals surface area contributed by atoms with Gasteiger partial charge in [-0.05, 0) is 32.4 Å². The first kappa shape index (κ1) is 13.6. The first-order valence-corrected chi connectivity index (χ1v) is 6.15. The van der Waals surface area contributed by atoms with Crippen LogP contribution in [0, 0.1) is 0 Å². The molecule has 1 amide bonds. The third kappa shape index (κ3) is 4.89. The molecule has 1 aromatic carbocycles. The summed E-state index contributed by atoms with van der Waals surface area (Å²) in [7, 11) is 0. The third-order valence-corrected chi connectivity index (χ3v) is 2.54. The molecule has 0 aliphatic carbocycles. The van der Waals surface area contributed by atoms with E-state index < -0.39 is 6.10 Å². The quantitative estimate of drug-likeness (QED) is 0.823. The Labute approximate surface area is 103 Å². The summed E-state index contributed by atoms with van der Waals surface area (Å²) in [5.74, 6) is 0.660. The van der Waals surface area contributed by atoms with Crippen molar-refractivity contribution in [2.24, 2.45) is 0 Å². The van der Waals surface area contributed by atoms with Crippen LogP contribution in [-0.2, 0) is 4.79 Å². The molecule has 0 spiro atoms. The zero-order chi connectivity index (χ0) is 12.7. The smallest absolute Gasteiger partial charge is 0.260 e. The Balaban J connectivity index is 2.42. The number of hydrogen-bond donors (Lipinski definition) is 1. The second-order valence-corrected chi connectivity index (χ2v) is 4.27. The van der Waals surface area contributed by atoms with Gasteiger partial charge in [-0.1, -0.05) is 31.5 Å². The Kier molecular flexibility index (Phi) is 5.53. The average molecular weight is 235 g/mol. The Bertz CT molecular complexity index is 337. The van der Waals surface area contributed by atoms with Gasteiger partial charge >= 0.3 is 0 Å². The second-order valence-electron chi connectivity index (χ2n) is 4.27. The molecular weight excluding hydrogens is 214 g/mol. The number of carbonyl (C=O) groups is 1. The lowest BCUT2D eigenvalue weighted by Crippen LogP contribution is -2.41. The van der Waals surface area contributed by atoms with Gasteiger partial charge in [0, 0.05) is 6.04 Å². The normalized spacial score (nSPS) is 13.8. The molecule has 0 aromatic heterocycles. The fourth-order valence-corrected chi connectivity index (χ4v) is 1.62. The molecule has 0 aliphatic heterocycles. The number of para-hydroxylation sites is 1. The minimum absolute atomic E-state index is 0.0604. The van der Waals surface area contributed by atoms with E-state index in [1.807, 2.05) is 37.3 Å². The number of carbonyl (C=O) groups excluding carboxylic acids is 1. The Hall–Kier alpha value is -1.51. The van der Waals surface area contributed by atoms with Crippen LogP contribution in [0.2, 0.25) is 0 Å². The zero-order valence-electron chi connectivity index (χ0n) is 10.8. The predicted octanol–water partition coefficient (Wildman–Crippen LogP) is 2.76. The molecule has 94 valence electrons. The van der Waals surface area contributed by atoms with E-state index in [0.717, 1.165) is 18.6 Å². The Morgan fingerprint density at radius 1 is 1.29 bits per heavy atom. The van der Waals surface area contributed by atoms with E-state index in [2.05, 4.69) is 12.2 Å². The van der Waals surface area contributed by atoms with Gasteiger partial charge in [0.25, 0.3) is 5.91 Å². The molecule has 0 radical (unpaired) electrons. The van der Waals surface area contributed by atoms with Crippen molar-refractivity contribution in [1.29, 1.82) is 0 Å². The van der Waals surface area contributed by atoms with E-state index in [1.54, 1.807) is 6.92 Å². The SMILES string of the molecule is CCC[C@@H](C)NC(=O)[C@@H](C)Oc1ccccc1. The molecule has 2 atom stereocenters. The van der Waals surface area contributed by atoms with Gasteiger partial charge in [0.2, 0.25) is 0 Å². The van der Waals surface area contributed by atoms with Crippen LogP contribution in [0.4, 0.5) is 0 Å². The highest BCUT2D eigenvalue weighted by Gasteiger charge is 2.16. The highest BCUT2D eigenvalue weighted by atomic mass is 16.5. The minimum Gasteiger partial charge on any atom is -0.481 e. The van der Waals surface area contributed by atoms with Crippen molar-refractivity contribution in [2.75, 3.05) is 0 Å². The van der Waals surface area contributed by atoms with Crippen LogP contribution in [0.5, 0.6) is 5.75 Å². The lowest BCUT2D eigenvalue weighted by molar-refractivity contribution is -0.127. The first-order chi connectivity index (χ1) is 8.13. The highest BCUT2D eigenvalue weighted by Crippen LogP contribution is 2.10. The summed E-state index contributed by atoms with van der Waals surface area (Å²) in [6, 6.07) is 9.59. The standard InChI is InChI=1S/C14H21NO2/c1-4-8-11(2)15-14(16)12(3)17-13-9-6-5-7-10-13/h5-7,9-12H,4,8H2,1-3H3,(H,15,16)/t11-,12-/m1/s1. The molecule has 0 saturated heterocycles. The summed E-state index contributed by atoms with van der Waals surface area (Å²) in [6.07, 6.45) is 1.59. The van der Waals surface area contributed by atoms with E-state index in [4.69, 9.17) is 4.74 Å². The van der Waals surface area contributed by atoms with E-state index in [1.165, 1.54) is 0 Å². The van der Waals surface area contributed by atoms with E-state index >= 15 is 0 Å². The molecular formula is C14H21NO2. The van der Waals surface area contributed by atoms with Crippen LogP contribution < -0.4 is 10.1 Å². The van der Waals surface area contributed by atoms with Crippen LogP contribution in [0.1, 0.15) is 33.6 Å². The number of rotatable bonds is 6. The van der Waals surface area contributed by atoms with Crippen molar-refractivity contribution in [3.05, 3.63) is 30.3 Å². The Morgan fingerprint density at radius 2 is 1.94 bits per heavy atom. The molecule has 0 bridgehead atoms. The lowest BCUT2D eigenvalue weighted by atomic mass is 10.2. The maximum absolute atomic E-state index is 11.8. The van der Waals surface area contributed by atoms with Gasteiger partial charge in [0.05, 0.1) is 0 Å². The highest BCUT2D eigenvalue weighted by molar-refractivity contribution is 5.80. The van der Waals surface area contributed by atoms with Gasteiger partial charge in [-0.3, -0.25) is 4.79 Å². The molecule has 17 heavy (non-hydrogen) atoms. The lowest BCUT2D eigenvalue weighted by Gasteiger charge is -2.18. The van der Waals surface area contributed by atoms with Gasteiger partial charge in [0.15, 0.2) is 6.10 Å². The van der Waals surface area contributed by atoms with E-state index in [-0.39, 0.29) is 11.9 Å². The molecule has 1 aromatic rings. The van der Waals surface area contributed by atoms with Gasteiger partial charge < -0.3 is 10.1 Å². The number of amides is 1. The van der Waals surface area contributed by atoms with Crippen LogP contribution in [0.3, 0.4) is 0 Å². The topological polar surface area (TPSA) is 38.3 Å². The molecule has 1 rings (SSSR count). The predicted molar refractivity (Wildman–Crippen MR) is 69.0 cm³/mol. The molecule has 3 nitrogen and oxygen atoms in total. The van der Waals surface area contributed by atoms with Gasteiger partial charge in [0.1, 0.15) is 5.75 Å². The second kappa shape index (κ2) is 6.94. The number of hydrogen-bond acceptors (Lipinski definition) is 2. The monoisotopic (exact) mass is 235 g/mol. The van der Waals surface area contributed by atoms with Crippen LogP contribution in [0.15, 0.2) is 30.3 Å². The summed E-state index contributed by atoms with van der Waals surface area (Å²) >= 11 is 0. The molecule has 0 heterocycles. The van der Waals surface area contributed by atoms with E-state index in [9.17, 15) is 4.79 Å². The maximum Gasteiger partial charge on any atom is 0.260 e.